The third kappa shape index (κ3) is 5.15. The van der Waals surface area contributed by atoms with Gasteiger partial charge in [-0.05, 0) is 17.5 Å². The number of aromatic nitrogens is 2. The number of nitrogens with one attached hydrogen (secondary N) is 1. The average molecular weight is 431 g/mol. The lowest BCUT2D eigenvalue weighted by atomic mass is 10.1. The molecule has 0 unspecified atom stereocenters. The molecule has 144 valence electrons. The van der Waals surface area contributed by atoms with Gasteiger partial charge in [0.15, 0.2) is 0 Å². The Hall–Kier alpha value is -1.71. The quantitative estimate of drug-likeness (QED) is 0.479. The number of unbranched alkanes of at least 4 members (excludes halogenated alkanes) is 2. The molecule has 3 atom stereocenters. The topological polar surface area (TPSA) is 111 Å². The molecule has 0 aromatic carbocycles. The molecule has 1 aromatic rings. The number of esters is 1. The van der Waals surface area contributed by atoms with E-state index in [0.717, 1.165) is 19.3 Å². The Morgan fingerprint density at radius 3 is 2.92 bits per heavy atom. The van der Waals surface area contributed by atoms with Gasteiger partial charge in [-0.2, -0.15) is 0 Å². The Balaban J connectivity index is 2.13. The number of aromatic amines is 1. The molecule has 1 fully saturated rings. The minimum absolute atomic E-state index is 0.216. The highest BCUT2D eigenvalue weighted by molar-refractivity contribution is 9.11. The number of hydrogen-bond donors (Lipinski definition) is 2. The van der Waals surface area contributed by atoms with E-state index in [-0.39, 0.29) is 24.6 Å². The van der Waals surface area contributed by atoms with Crippen molar-refractivity contribution >= 4 is 28.0 Å². The molecule has 0 radical (unpaired) electrons. The van der Waals surface area contributed by atoms with Crippen molar-refractivity contribution in [2.24, 2.45) is 0 Å². The van der Waals surface area contributed by atoms with E-state index in [4.69, 9.17) is 9.47 Å². The Bertz CT molecular complexity index is 756. The summed E-state index contributed by atoms with van der Waals surface area (Å²) in [6, 6.07) is 0. The van der Waals surface area contributed by atoms with E-state index in [9.17, 15) is 19.5 Å². The van der Waals surface area contributed by atoms with Gasteiger partial charge in [0.25, 0.3) is 5.56 Å². The van der Waals surface area contributed by atoms with E-state index in [0.29, 0.717) is 6.42 Å². The maximum Gasteiger partial charge on any atom is 0.330 e. The number of H-pyrrole nitrogens is 1. The SMILES string of the molecule is CCCCCC(=O)O[C@H]1C[C@H](n2cc(/C=C/Br)c(=O)[nH]c2=O)O[C@@H]1CO. The van der Waals surface area contributed by atoms with Gasteiger partial charge in [0.2, 0.25) is 0 Å². The first kappa shape index (κ1) is 20.6. The summed E-state index contributed by atoms with van der Waals surface area (Å²) in [7, 11) is 0. The van der Waals surface area contributed by atoms with Gasteiger partial charge in [0.05, 0.1) is 12.2 Å². The number of rotatable bonds is 8. The molecule has 2 rings (SSSR count). The van der Waals surface area contributed by atoms with E-state index >= 15 is 0 Å². The van der Waals surface area contributed by atoms with Crippen LogP contribution in [0.1, 0.15) is 50.8 Å². The van der Waals surface area contributed by atoms with Crippen LogP contribution in [0.4, 0.5) is 0 Å². The molecule has 9 heteroatoms. The maximum atomic E-state index is 12.1. The monoisotopic (exact) mass is 430 g/mol. The van der Waals surface area contributed by atoms with E-state index in [1.165, 1.54) is 21.8 Å². The first-order valence-electron chi connectivity index (χ1n) is 8.58. The van der Waals surface area contributed by atoms with Crippen molar-refractivity contribution in [3.8, 4) is 0 Å². The lowest BCUT2D eigenvalue weighted by molar-refractivity contribution is -0.153. The summed E-state index contributed by atoms with van der Waals surface area (Å²) >= 11 is 3.09. The molecule has 2 heterocycles. The number of aliphatic hydroxyl groups excluding tert-OH is 1. The fraction of sp³-hybridized carbons (Fsp3) is 0.588. The maximum absolute atomic E-state index is 12.1. The van der Waals surface area contributed by atoms with Crippen LogP contribution >= 0.6 is 15.9 Å². The predicted molar refractivity (Wildman–Crippen MR) is 98.9 cm³/mol. The van der Waals surface area contributed by atoms with Crippen LogP contribution in [0.2, 0.25) is 0 Å². The zero-order chi connectivity index (χ0) is 19.1. The molecular formula is C17H23BrN2O6. The van der Waals surface area contributed by atoms with Gasteiger partial charge >= 0.3 is 11.7 Å². The molecule has 26 heavy (non-hydrogen) atoms. The molecule has 1 aliphatic rings. The number of carbonyl (C=O) groups excluding carboxylic acids is 1. The van der Waals surface area contributed by atoms with Gasteiger partial charge in [-0.15, -0.1) is 0 Å². The summed E-state index contributed by atoms with van der Waals surface area (Å²) in [5.74, 6) is -0.345. The normalized spacial score (nSPS) is 22.8. The van der Waals surface area contributed by atoms with Crippen LogP contribution in [0.3, 0.4) is 0 Å². The second-order valence-corrected chi connectivity index (χ2v) is 6.61. The first-order chi connectivity index (χ1) is 12.5. The predicted octanol–water partition coefficient (Wildman–Crippen LogP) is 1.67. The van der Waals surface area contributed by atoms with Crippen molar-refractivity contribution < 1.29 is 19.4 Å². The van der Waals surface area contributed by atoms with Crippen LogP contribution in [0.5, 0.6) is 0 Å². The summed E-state index contributed by atoms with van der Waals surface area (Å²) in [4.78, 5) is 39.5. The summed E-state index contributed by atoms with van der Waals surface area (Å²) in [6.45, 7) is 1.71. The number of ether oxygens (including phenoxy) is 2. The molecule has 0 amide bonds. The highest BCUT2D eigenvalue weighted by Crippen LogP contribution is 2.30. The Kier molecular flexibility index (Phi) is 7.80. The lowest BCUT2D eigenvalue weighted by Gasteiger charge is -2.16. The van der Waals surface area contributed by atoms with Crippen molar-refractivity contribution in [3.63, 3.8) is 0 Å². The molecule has 0 bridgehead atoms. The van der Waals surface area contributed by atoms with Gasteiger partial charge in [-0.3, -0.25) is 19.1 Å². The van der Waals surface area contributed by atoms with Crippen molar-refractivity contribution in [3.05, 3.63) is 37.6 Å². The molecule has 8 nitrogen and oxygen atoms in total. The van der Waals surface area contributed by atoms with Crippen molar-refractivity contribution in [1.82, 2.24) is 9.55 Å². The minimum atomic E-state index is -0.743. The van der Waals surface area contributed by atoms with Crippen molar-refractivity contribution in [1.29, 1.82) is 0 Å². The van der Waals surface area contributed by atoms with Crippen LogP contribution in [0.15, 0.2) is 20.8 Å². The first-order valence-corrected chi connectivity index (χ1v) is 9.49. The molecular weight excluding hydrogens is 408 g/mol. The van der Waals surface area contributed by atoms with E-state index in [1.807, 2.05) is 6.92 Å². The molecule has 0 spiro atoms. The molecule has 2 N–H and O–H groups in total. The van der Waals surface area contributed by atoms with Gasteiger partial charge in [-0.25, -0.2) is 4.79 Å². The Morgan fingerprint density at radius 1 is 1.50 bits per heavy atom. The highest BCUT2D eigenvalue weighted by Gasteiger charge is 2.38. The third-order valence-electron chi connectivity index (χ3n) is 4.18. The zero-order valence-electron chi connectivity index (χ0n) is 14.5. The fourth-order valence-corrected chi connectivity index (χ4v) is 3.09. The average Bonchev–Trinajstić information content (AvgIpc) is 3.00. The number of halogens is 1. The van der Waals surface area contributed by atoms with E-state index in [2.05, 4.69) is 20.9 Å². The van der Waals surface area contributed by atoms with E-state index in [1.54, 1.807) is 0 Å². The minimum Gasteiger partial charge on any atom is -0.459 e. The summed E-state index contributed by atoms with van der Waals surface area (Å²) in [5.41, 5.74) is -0.874. The van der Waals surface area contributed by atoms with Crippen LogP contribution < -0.4 is 11.2 Å². The highest BCUT2D eigenvalue weighted by atomic mass is 79.9. The van der Waals surface area contributed by atoms with Crippen LogP contribution in [0.25, 0.3) is 6.08 Å². The molecule has 1 aromatic heterocycles. The van der Waals surface area contributed by atoms with Crippen LogP contribution in [-0.4, -0.2) is 39.4 Å². The number of aliphatic hydroxyl groups is 1. The molecule has 0 saturated carbocycles. The largest absolute Gasteiger partial charge is 0.459 e. The molecule has 1 aliphatic heterocycles. The Morgan fingerprint density at radius 2 is 2.27 bits per heavy atom. The summed E-state index contributed by atoms with van der Waals surface area (Å²) < 4.78 is 12.3. The summed E-state index contributed by atoms with van der Waals surface area (Å²) in [5, 5.41) is 9.50. The Labute approximate surface area is 159 Å². The van der Waals surface area contributed by atoms with Gasteiger partial charge in [0, 0.05) is 19.0 Å². The second-order valence-electron chi connectivity index (χ2n) is 6.08. The van der Waals surface area contributed by atoms with E-state index < -0.39 is 29.7 Å². The zero-order valence-corrected chi connectivity index (χ0v) is 16.1. The lowest BCUT2D eigenvalue weighted by Crippen LogP contribution is -2.33. The van der Waals surface area contributed by atoms with Gasteiger partial charge < -0.3 is 14.6 Å². The van der Waals surface area contributed by atoms with Crippen molar-refractivity contribution in [2.75, 3.05) is 6.61 Å². The second kappa shape index (κ2) is 9.84. The number of hydrogen-bond acceptors (Lipinski definition) is 6. The standard InChI is InChI=1S/C17H23BrN2O6/c1-2-3-4-5-15(22)26-12-8-14(25-13(12)10-21)20-9-11(6-7-18)16(23)19-17(20)24/h6-7,9,12-14,21H,2-5,8,10H2,1H3,(H,19,23,24)/b7-6+/t12-,13+,14+/m0/s1. The molecule has 1 saturated heterocycles. The summed E-state index contributed by atoms with van der Waals surface area (Å²) in [6.07, 6.45) is 3.99. The smallest absolute Gasteiger partial charge is 0.330 e. The van der Waals surface area contributed by atoms with Gasteiger partial charge in [-0.1, -0.05) is 35.7 Å². The fourth-order valence-electron chi connectivity index (χ4n) is 2.81. The van der Waals surface area contributed by atoms with Gasteiger partial charge in [0.1, 0.15) is 18.4 Å². The molecule has 0 aliphatic carbocycles. The van der Waals surface area contributed by atoms with Crippen LogP contribution in [-0.2, 0) is 14.3 Å². The van der Waals surface area contributed by atoms with Crippen LogP contribution in [0, 0.1) is 0 Å². The number of carbonyl (C=O) groups is 1. The third-order valence-corrected chi connectivity index (χ3v) is 4.44. The van der Waals surface area contributed by atoms with Crippen molar-refractivity contribution in [2.45, 2.75) is 57.5 Å². The number of nitrogens with zero attached hydrogens (tertiary/aromatic N) is 1.